The fourth-order valence-electron chi connectivity index (χ4n) is 2.68. The van der Waals surface area contributed by atoms with Crippen LogP contribution in [0, 0.1) is 30.1 Å². The molecule has 0 fully saturated rings. The summed E-state index contributed by atoms with van der Waals surface area (Å²) >= 11 is 0. The summed E-state index contributed by atoms with van der Waals surface area (Å²) in [6.07, 6.45) is 17.0. The van der Waals surface area contributed by atoms with E-state index in [-0.39, 0.29) is 0 Å². The minimum Gasteiger partial charge on any atom is -0.118 e. The number of fused-ring (bicyclic) bond motifs is 2. The van der Waals surface area contributed by atoms with E-state index in [2.05, 4.69) is 42.2 Å². The smallest absolute Gasteiger partial charge is 0.113 e. The van der Waals surface area contributed by atoms with Gasteiger partial charge in [-0.2, -0.15) is 0 Å². The molecular formula is C17H12. The Morgan fingerprint density at radius 1 is 1.12 bits per heavy atom. The second kappa shape index (κ2) is 3.41. The van der Waals surface area contributed by atoms with E-state index in [1.165, 1.54) is 22.3 Å². The Hall–Kier alpha value is -2.18. The van der Waals surface area contributed by atoms with Crippen LogP contribution in [0.25, 0.3) is 5.57 Å². The zero-order valence-corrected chi connectivity index (χ0v) is 9.53. The number of hydrogen-bond donors (Lipinski definition) is 0. The third kappa shape index (κ3) is 1.35. The molecule has 0 radical (unpaired) electrons. The van der Waals surface area contributed by atoms with Gasteiger partial charge in [-0.25, -0.2) is 0 Å². The van der Waals surface area contributed by atoms with Gasteiger partial charge in [0.15, 0.2) is 0 Å². The van der Waals surface area contributed by atoms with E-state index < -0.39 is 5.41 Å². The van der Waals surface area contributed by atoms with Gasteiger partial charge in [0.05, 0.1) is 0 Å². The lowest BCUT2D eigenvalue weighted by Gasteiger charge is -2.23. The lowest BCUT2D eigenvalue weighted by Crippen LogP contribution is -2.16. The van der Waals surface area contributed by atoms with Gasteiger partial charge in [-0.1, -0.05) is 53.8 Å². The largest absolute Gasteiger partial charge is 0.118 e. The van der Waals surface area contributed by atoms with Crippen molar-refractivity contribution in [1.82, 2.24) is 0 Å². The minimum absolute atomic E-state index is 0.513. The molecule has 0 aliphatic heterocycles. The van der Waals surface area contributed by atoms with Gasteiger partial charge in [-0.3, -0.25) is 0 Å². The highest BCUT2D eigenvalue weighted by Gasteiger charge is 2.31. The number of rotatable bonds is 0. The molecule has 2 aliphatic carbocycles. The summed E-state index contributed by atoms with van der Waals surface area (Å²) in [7, 11) is 0. The van der Waals surface area contributed by atoms with Crippen molar-refractivity contribution in [3.05, 3.63) is 53.1 Å². The SMILES string of the molecule is C#CC1(C#C)C=CC2=C(Cc3ccccc32)C1. The van der Waals surface area contributed by atoms with E-state index in [4.69, 9.17) is 12.8 Å². The molecule has 0 nitrogen and oxygen atoms in total. The maximum atomic E-state index is 5.57. The normalized spacial score (nSPS) is 19.2. The summed E-state index contributed by atoms with van der Waals surface area (Å²) in [4.78, 5) is 0. The molecule has 80 valence electrons. The van der Waals surface area contributed by atoms with Gasteiger partial charge in [0.1, 0.15) is 5.41 Å². The van der Waals surface area contributed by atoms with Crippen molar-refractivity contribution in [3.8, 4) is 24.7 Å². The Labute approximate surface area is 102 Å². The highest BCUT2D eigenvalue weighted by Crippen LogP contribution is 2.43. The predicted octanol–water partition coefficient (Wildman–Crippen LogP) is 3.21. The van der Waals surface area contributed by atoms with Gasteiger partial charge in [0.25, 0.3) is 0 Å². The lowest BCUT2D eigenvalue weighted by molar-refractivity contribution is 0.660. The zero-order valence-electron chi connectivity index (χ0n) is 9.53. The van der Waals surface area contributed by atoms with Crippen LogP contribution in [0.1, 0.15) is 17.5 Å². The van der Waals surface area contributed by atoms with Crippen molar-refractivity contribution in [2.75, 3.05) is 0 Å². The molecule has 0 heterocycles. The number of hydrogen-bond acceptors (Lipinski definition) is 0. The van der Waals surface area contributed by atoms with Crippen molar-refractivity contribution in [1.29, 1.82) is 0 Å². The first-order valence-corrected chi connectivity index (χ1v) is 5.73. The first-order valence-electron chi connectivity index (χ1n) is 5.73. The van der Waals surface area contributed by atoms with Crippen LogP contribution in [-0.2, 0) is 6.42 Å². The molecule has 0 saturated heterocycles. The van der Waals surface area contributed by atoms with E-state index in [0.29, 0.717) is 0 Å². The predicted molar refractivity (Wildman–Crippen MR) is 70.9 cm³/mol. The van der Waals surface area contributed by atoms with Crippen molar-refractivity contribution in [2.45, 2.75) is 12.8 Å². The fraction of sp³-hybridized carbons (Fsp3) is 0.176. The Kier molecular flexibility index (Phi) is 2.01. The molecule has 17 heavy (non-hydrogen) atoms. The third-order valence-electron chi connectivity index (χ3n) is 3.63. The zero-order chi connectivity index (χ0) is 11.9. The molecular weight excluding hydrogens is 204 g/mol. The molecule has 0 atom stereocenters. The Balaban J connectivity index is 2.06. The van der Waals surface area contributed by atoms with Crippen LogP contribution in [0.3, 0.4) is 0 Å². The minimum atomic E-state index is -0.513. The second-order valence-electron chi connectivity index (χ2n) is 4.62. The first-order chi connectivity index (χ1) is 8.28. The number of terminal acetylenes is 2. The van der Waals surface area contributed by atoms with Gasteiger partial charge in [-0.15, -0.1) is 12.8 Å². The monoisotopic (exact) mass is 216 g/mol. The highest BCUT2D eigenvalue weighted by molar-refractivity contribution is 5.84. The molecule has 0 unspecified atom stereocenters. The van der Waals surface area contributed by atoms with Crippen molar-refractivity contribution < 1.29 is 0 Å². The third-order valence-corrected chi connectivity index (χ3v) is 3.63. The molecule has 0 spiro atoms. The van der Waals surface area contributed by atoms with E-state index in [1.807, 2.05) is 6.08 Å². The molecule has 0 saturated carbocycles. The quantitative estimate of drug-likeness (QED) is 0.584. The number of allylic oxidation sites excluding steroid dienone is 4. The summed E-state index contributed by atoms with van der Waals surface area (Å²) in [6, 6.07) is 8.50. The van der Waals surface area contributed by atoms with Gasteiger partial charge in [0, 0.05) is 6.42 Å². The van der Waals surface area contributed by atoms with Gasteiger partial charge in [-0.05, 0) is 23.1 Å². The maximum absolute atomic E-state index is 5.57. The standard InChI is InChI=1S/C17H12/c1-3-17(4-2)10-9-16-14(12-17)11-13-7-5-6-8-15(13)16/h1-2,5-10H,11-12H2. The molecule has 0 amide bonds. The number of benzene rings is 1. The summed E-state index contributed by atoms with van der Waals surface area (Å²) in [5.74, 6) is 5.50. The van der Waals surface area contributed by atoms with Crippen LogP contribution in [0.15, 0.2) is 42.0 Å². The van der Waals surface area contributed by atoms with Crippen molar-refractivity contribution in [2.24, 2.45) is 5.41 Å². The molecule has 0 bridgehead atoms. The van der Waals surface area contributed by atoms with Gasteiger partial charge < -0.3 is 0 Å². The summed E-state index contributed by atoms with van der Waals surface area (Å²) in [6.45, 7) is 0. The van der Waals surface area contributed by atoms with E-state index in [9.17, 15) is 0 Å². The molecule has 0 N–H and O–H groups in total. The maximum Gasteiger partial charge on any atom is 0.113 e. The lowest BCUT2D eigenvalue weighted by atomic mass is 9.78. The van der Waals surface area contributed by atoms with Crippen LogP contribution in [0.5, 0.6) is 0 Å². The van der Waals surface area contributed by atoms with Crippen LogP contribution in [-0.4, -0.2) is 0 Å². The van der Waals surface area contributed by atoms with Crippen molar-refractivity contribution in [3.63, 3.8) is 0 Å². The van der Waals surface area contributed by atoms with Gasteiger partial charge in [0.2, 0.25) is 0 Å². The topological polar surface area (TPSA) is 0 Å². The van der Waals surface area contributed by atoms with E-state index >= 15 is 0 Å². The summed E-state index contributed by atoms with van der Waals surface area (Å²) in [5, 5.41) is 0. The van der Waals surface area contributed by atoms with Crippen LogP contribution >= 0.6 is 0 Å². The summed E-state index contributed by atoms with van der Waals surface area (Å²) in [5.41, 5.74) is 4.90. The van der Waals surface area contributed by atoms with Gasteiger partial charge >= 0.3 is 0 Å². The summed E-state index contributed by atoms with van der Waals surface area (Å²) < 4.78 is 0. The van der Waals surface area contributed by atoms with Crippen LogP contribution in [0.4, 0.5) is 0 Å². The molecule has 0 aromatic heterocycles. The highest BCUT2D eigenvalue weighted by atomic mass is 14.3. The van der Waals surface area contributed by atoms with E-state index in [1.54, 1.807) is 0 Å². The average Bonchev–Trinajstić information content (AvgIpc) is 2.75. The molecule has 0 heteroatoms. The van der Waals surface area contributed by atoms with Crippen LogP contribution < -0.4 is 0 Å². The Bertz CT molecular complexity index is 613. The molecule has 3 rings (SSSR count). The first kappa shape index (κ1) is 10.0. The molecule has 2 aliphatic rings. The molecule has 1 aromatic carbocycles. The fourth-order valence-corrected chi connectivity index (χ4v) is 2.68. The Morgan fingerprint density at radius 3 is 2.65 bits per heavy atom. The average molecular weight is 216 g/mol. The van der Waals surface area contributed by atoms with Crippen LogP contribution in [0.2, 0.25) is 0 Å². The van der Waals surface area contributed by atoms with Crippen molar-refractivity contribution >= 4 is 5.57 Å². The van der Waals surface area contributed by atoms with E-state index in [0.717, 1.165) is 12.8 Å². The second-order valence-corrected chi connectivity index (χ2v) is 4.62. The Morgan fingerprint density at radius 2 is 1.88 bits per heavy atom. The molecule has 1 aromatic rings.